The largest absolute Gasteiger partial charge is 0.0622 e. The zero-order valence-corrected chi connectivity index (χ0v) is 4.67. The summed E-state index contributed by atoms with van der Waals surface area (Å²) in [6.45, 7) is -0.734. The fraction of sp³-hybridized carbons (Fsp3) is 0.250. The van der Waals surface area contributed by atoms with Crippen LogP contribution in [0.25, 0.3) is 0 Å². The van der Waals surface area contributed by atoms with Crippen LogP contribution in [0.5, 0.6) is 0 Å². The van der Waals surface area contributed by atoms with Crippen LogP contribution in [0.15, 0.2) is 30.3 Å². The van der Waals surface area contributed by atoms with Gasteiger partial charge in [-0.1, -0.05) is 37.2 Å². The van der Waals surface area contributed by atoms with Crippen LogP contribution in [0.4, 0.5) is 0 Å². The molecule has 1 aromatic rings. The lowest BCUT2D eigenvalue weighted by atomic mass is 10.2. The maximum atomic E-state index is 6.98. The van der Waals surface area contributed by atoms with Gasteiger partial charge in [-0.15, -0.1) is 0 Å². The molecule has 0 heterocycles. The first-order chi connectivity index (χ1) is 4.79. The van der Waals surface area contributed by atoms with Gasteiger partial charge in [0.25, 0.3) is 0 Å². The second kappa shape index (κ2) is 2.51. The molecule has 0 spiro atoms. The predicted octanol–water partition coefficient (Wildman–Crippen LogP) is 2.25. The molecule has 42 valence electrons. The molecule has 1 aromatic carbocycles. The van der Waals surface area contributed by atoms with Gasteiger partial charge >= 0.3 is 0 Å². The molecule has 0 saturated heterocycles. The minimum Gasteiger partial charge on any atom is -0.0622 e. The molecule has 0 saturated carbocycles. The maximum Gasteiger partial charge on any atom is 0.0234 e. The van der Waals surface area contributed by atoms with Gasteiger partial charge in [0.2, 0.25) is 0 Å². The van der Waals surface area contributed by atoms with Crippen molar-refractivity contribution in [1.82, 2.24) is 0 Å². The summed E-state index contributed by atoms with van der Waals surface area (Å²) in [5.41, 5.74) is 1.07. The van der Waals surface area contributed by atoms with E-state index in [1.54, 1.807) is 0 Å². The molecule has 0 aromatic heterocycles. The van der Waals surface area contributed by atoms with E-state index in [-0.39, 0.29) is 0 Å². The van der Waals surface area contributed by atoms with Gasteiger partial charge in [-0.3, -0.25) is 0 Å². The normalized spacial score (nSPS) is 13.1. The Balaban J connectivity index is 2.59. The average Bonchev–Trinajstić information content (AvgIpc) is 1.88. The summed E-state index contributed by atoms with van der Waals surface area (Å²) < 4.78 is 14.0. The van der Waals surface area contributed by atoms with Gasteiger partial charge in [-0.25, -0.2) is 0 Å². The fourth-order valence-corrected chi connectivity index (χ4v) is 0.614. The lowest BCUT2D eigenvalue weighted by molar-refractivity contribution is 1.14. The standard InChI is InChI=1S/C8H10/c1-2-8-6-4-3-5-7-8/h3-7H,2H2,1H3/i1D2. The second-order valence-corrected chi connectivity index (χ2v) is 1.69. The Kier molecular flexibility index (Phi) is 1.03. The van der Waals surface area contributed by atoms with E-state index < -0.39 is 6.88 Å². The number of hydrogen-bond acceptors (Lipinski definition) is 0. The first-order valence-corrected chi connectivity index (χ1v) is 2.67. The Morgan fingerprint density at radius 3 is 2.75 bits per heavy atom. The smallest absolute Gasteiger partial charge is 0.0234 e. The summed E-state index contributed by atoms with van der Waals surface area (Å²) in [6, 6.07) is 9.67. The van der Waals surface area contributed by atoms with Gasteiger partial charge in [0.05, 0.1) is 0 Å². The summed E-state index contributed by atoms with van der Waals surface area (Å²) in [6.07, 6.45) is 0.529. The SMILES string of the molecule is [2H]C([2H])Cc1ccccc1. The van der Waals surface area contributed by atoms with Gasteiger partial charge < -0.3 is 0 Å². The maximum absolute atomic E-state index is 6.98. The van der Waals surface area contributed by atoms with Crippen LogP contribution in [-0.2, 0) is 6.42 Å². The van der Waals surface area contributed by atoms with E-state index in [1.807, 2.05) is 30.3 Å². The number of aryl methyl sites for hydroxylation is 1. The third-order valence-electron chi connectivity index (χ3n) is 1.08. The third kappa shape index (κ3) is 1.09. The Hall–Kier alpha value is -0.780. The van der Waals surface area contributed by atoms with Crippen LogP contribution < -0.4 is 0 Å². The quantitative estimate of drug-likeness (QED) is 0.517. The molecule has 0 unspecified atom stereocenters. The van der Waals surface area contributed by atoms with Crippen LogP contribution in [0.1, 0.15) is 15.2 Å². The molecular formula is C8H10. The van der Waals surface area contributed by atoms with Gasteiger partial charge in [-0.05, 0) is 12.0 Å². The highest BCUT2D eigenvalue weighted by Crippen LogP contribution is 1.96. The molecule has 0 fully saturated rings. The van der Waals surface area contributed by atoms with Crippen molar-refractivity contribution in [3.05, 3.63) is 35.9 Å². The summed E-state index contributed by atoms with van der Waals surface area (Å²) in [5.74, 6) is 0. The van der Waals surface area contributed by atoms with Crippen LogP contribution in [-0.4, -0.2) is 0 Å². The highest BCUT2D eigenvalue weighted by molar-refractivity contribution is 5.13. The van der Waals surface area contributed by atoms with Crippen LogP contribution in [0.2, 0.25) is 0 Å². The van der Waals surface area contributed by atoms with E-state index in [4.69, 9.17) is 2.74 Å². The molecule has 0 radical (unpaired) electrons. The Morgan fingerprint density at radius 2 is 2.12 bits per heavy atom. The zero-order chi connectivity index (χ0) is 7.40. The molecule has 1 rings (SSSR count). The van der Waals surface area contributed by atoms with E-state index in [0.29, 0.717) is 6.42 Å². The van der Waals surface area contributed by atoms with Gasteiger partial charge in [0, 0.05) is 2.74 Å². The first-order valence-electron chi connectivity index (χ1n) is 3.83. The van der Waals surface area contributed by atoms with Crippen molar-refractivity contribution in [1.29, 1.82) is 0 Å². The number of hydrogen-bond donors (Lipinski definition) is 0. The van der Waals surface area contributed by atoms with Crippen molar-refractivity contribution in [2.24, 2.45) is 0 Å². The van der Waals surface area contributed by atoms with E-state index in [2.05, 4.69) is 0 Å². The van der Waals surface area contributed by atoms with Crippen molar-refractivity contribution >= 4 is 0 Å². The Morgan fingerprint density at radius 1 is 1.38 bits per heavy atom. The monoisotopic (exact) mass is 108 g/mol. The molecule has 0 aliphatic rings. The molecule has 0 N–H and O–H groups in total. The third-order valence-corrected chi connectivity index (χ3v) is 1.08. The van der Waals surface area contributed by atoms with Gasteiger partial charge in [0.15, 0.2) is 0 Å². The molecule has 0 nitrogen and oxygen atoms in total. The number of rotatable bonds is 1. The van der Waals surface area contributed by atoms with Gasteiger partial charge in [0.1, 0.15) is 0 Å². The summed E-state index contributed by atoms with van der Waals surface area (Å²) in [5, 5.41) is 0. The minimum atomic E-state index is -0.734. The summed E-state index contributed by atoms with van der Waals surface area (Å²) >= 11 is 0. The van der Waals surface area contributed by atoms with Crippen molar-refractivity contribution in [2.45, 2.75) is 13.3 Å². The minimum absolute atomic E-state index is 0.529. The highest BCUT2D eigenvalue weighted by Gasteiger charge is 1.79. The second-order valence-electron chi connectivity index (χ2n) is 1.69. The van der Waals surface area contributed by atoms with Crippen molar-refractivity contribution in [3.8, 4) is 0 Å². The van der Waals surface area contributed by atoms with Crippen molar-refractivity contribution < 1.29 is 2.74 Å². The van der Waals surface area contributed by atoms with E-state index >= 15 is 0 Å². The average molecular weight is 108 g/mol. The Labute approximate surface area is 53.0 Å². The Bertz CT molecular complexity index is 182. The molecule has 0 bridgehead atoms. The molecule has 0 amide bonds. The molecule has 8 heavy (non-hydrogen) atoms. The predicted molar refractivity (Wildman–Crippen MR) is 35.8 cm³/mol. The number of benzene rings is 1. The van der Waals surface area contributed by atoms with Gasteiger partial charge in [-0.2, -0.15) is 0 Å². The van der Waals surface area contributed by atoms with E-state index in [0.717, 1.165) is 5.56 Å². The fourth-order valence-electron chi connectivity index (χ4n) is 0.614. The molecular weight excluding hydrogens is 96.1 g/mol. The summed E-state index contributed by atoms with van der Waals surface area (Å²) in [7, 11) is 0. The summed E-state index contributed by atoms with van der Waals surface area (Å²) in [4.78, 5) is 0. The van der Waals surface area contributed by atoms with Crippen LogP contribution in [0, 0.1) is 0 Å². The molecule has 0 heteroatoms. The topological polar surface area (TPSA) is 0 Å². The van der Waals surface area contributed by atoms with Crippen molar-refractivity contribution in [2.75, 3.05) is 0 Å². The van der Waals surface area contributed by atoms with Crippen LogP contribution in [0.3, 0.4) is 0 Å². The van der Waals surface area contributed by atoms with E-state index in [1.165, 1.54) is 0 Å². The van der Waals surface area contributed by atoms with Crippen molar-refractivity contribution in [3.63, 3.8) is 0 Å². The lowest BCUT2D eigenvalue weighted by Crippen LogP contribution is -1.73. The molecule has 0 aliphatic heterocycles. The van der Waals surface area contributed by atoms with Crippen LogP contribution >= 0.6 is 0 Å². The zero-order valence-electron chi connectivity index (χ0n) is 6.67. The highest BCUT2D eigenvalue weighted by atomic mass is 13.9. The molecule has 0 atom stereocenters. The molecule has 0 aliphatic carbocycles. The first kappa shape index (κ1) is 3.29. The lowest BCUT2D eigenvalue weighted by Gasteiger charge is -1.89. The van der Waals surface area contributed by atoms with E-state index in [9.17, 15) is 0 Å².